The van der Waals surface area contributed by atoms with Crippen molar-refractivity contribution in [2.75, 3.05) is 5.32 Å². The lowest BCUT2D eigenvalue weighted by Gasteiger charge is -2.06. The molecule has 4 aromatic rings. The Balaban J connectivity index is 1.63. The van der Waals surface area contributed by atoms with E-state index in [9.17, 15) is 4.39 Å². The Hall–Kier alpha value is -2.13. The maximum atomic E-state index is 12.7. The molecule has 2 aromatic heterocycles. The fourth-order valence-corrected chi connectivity index (χ4v) is 4.09. The SMILES string of the molecule is FCc1ccc(Nc2ncnc3sc(Cc4ccccc4I)nc23)cc1. The zero-order valence-corrected chi connectivity index (χ0v) is 16.6. The first kappa shape index (κ1) is 17.3. The van der Waals surface area contributed by atoms with Gasteiger partial charge >= 0.3 is 0 Å². The van der Waals surface area contributed by atoms with Crippen LogP contribution in [0.1, 0.15) is 16.1 Å². The van der Waals surface area contributed by atoms with E-state index in [0.717, 1.165) is 27.5 Å². The van der Waals surface area contributed by atoms with Gasteiger partial charge in [-0.3, -0.25) is 0 Å². The molecule has 0 aliphatic rings. The summed E-state index contributed by atoms with van der Waals surface area (Å²) in [7, 11) is 0. The highest BCUT2D eigenvalue weighted by molar-refractivity contribution is 14.1. The van der Waals surface area contributed by atoms with E-state index >= 15 is 0 Å². The molecule has 0 atom stereocenters. The smallest absolute Gasteiger partial charge is 0.161 e. The van der Waals surface area contributed by atoms with Gasteiger partial charge in [0.25, 0.3) is 0 Å². The number of halogens is 2. The Morgan fingerprint density at radius 2 is 1.85 bits per heavy atom. The van der Waals surface area contributed by atoms with Gasteiger partial charge in [-0.1, -0.05) is 41.7 Å². The van der Waals surface area contributed by atoms with Gasteiger partial charge in [0.1, 0.15) is 28.4 Å². The summed E-state index contributed by atoms with van der Waals surface area (Å²) < 4.78 is 13.9. The van der Waals surface area contributed by atoms with Crippen LogP contribution in [0.5, 0.6) is 0 Å². The van der Waals surface area contributed by atoms with E-state index in [1.165, 1.54) is 15.5 Å². The number of fused-ring (bicyclic) bond motifs is 1. The number of hydrogen-bond acceptors (Lipinski definition) is 5. The monoisotopic (exact) mass is 476 g/mol. The van der Waals surface area contributed by atoms with Gasteiger partial charge in [-0.2, -0.15) is 0 Å². The molecular formula is C19H14FIN4S. The molecule has 0 bridgehead atoms. The largest absolute Gasteiger partial charge is 0.338 e. The number of anilines is 2. The molecule has 0 saturated heterocycles. The summed E-state index contributed by atoms with van der Waals surface area (Å²) in [6, 6.07) is 15.5. The van der Waals surface area contributed by atoms with E-state index in [4.69, 9.17) is 4.98 Å². The molecule has 2 aromatic carbocycles. The third-order valence-corrected chi connectivity index (χ3v) is 5.93. The topological polar surface area (TPSA) is 50.7 Å². The lowest BCUT2D eigenvalue weighted by Crippen LogP contribution is -1.96. The Morgan fingerprint density at radius 3 is 2.62 bits per heavy atom. The molecule has 26 heavy (non-hydrogen) atoms. The Bertz CT molecular complexity index is 1050. The van der Waals surface area contributed by atoms with Crippen molar-refractivity contribution in [1.82, 2.24) is 15.0 Å². The van der Waals surface area contributed by atoms with E-state index in [1.807, 2.05) is 24.3 Å². The van der Waals surface area contributed by atoms with Crippen LogP contribution in [0, 0.1) is 3.57 Å². The van der Waals surface area contributed by atoms with Crippen LogP contribution in [0.3, 0.4) is 0 Å². The Morgan fingerprint density at radius 1 is 1.04 bits per heavy atom. The zero-order valence-electron chi connectivity index (χ0n) is 13.6. The summed E-state index contributed by atoms with van der Waals surface area (Å²) in [5.74, 6) is 0.660. The van der Waals surface area contributed by atoms with Crippen molar-refractivity contribution >= 4 is 55.8 Å². The molecule has 0 radical (unpaired) electrons. The standard InChI is InChI=1S/C19H14FIN4S/c20-10-12-5-7-14(8-6-12)24-18-17-19(23-11-22-18)26-16(25-17)9-13-3-1-2-4-15(13)21/h1-8,11H,9-10H2,(H,22,23,24). The summed E-state index contributed by atoms with van der Waals surface area (Å²) >= 11 is 3.92. The van der Waals surface area contributed by atoms with Crippen LogP contribution in [-0.2, 0) is 13.1 Å². The number of rotatable bonds is 5. The van der Waals surface area contributed by atoms with Crippen LogP contribution in [0.4, 0.5) is 15.9 Å². The minimum Gasteiger partial charge on any atom is -0.338 e. The maximum absolute atomic E-state index is 12.7. The minimum absolute atomic E-state index is 0.467. The van der Waals surface area contributed by atoms with Gasteiger partial charge in [0.05, 0.1) is 0 Å². The van der Waals surface area contributed by atoms with E-state index < -0.39 is 6.67 Å². The molecule has 2 heterocycles. The number of benzene rings is 2. The molecule has 0 spiro atoms. The average Bonchev–Trinajstić information content (AvgIpc) is 3.08. The van der Waals surface area contributed by atoms with Crippen molar-refractivity contribution < 1.29 is 4.39 Å². The highest BCUT2D eigenvalue weighted by Gasteiger charge is 2.12. The lowest BCUT2D eigenvalue weighted by atomic mass is 10.2. The second kappa shape index (κ2) is 7.63. The molecule has 0 saturated carbocycles. The Kier molecular flexibility index (Phi) is 5.07. The van der Waals surface area contributed by atoms with Crippen molar-refractivity contribution in [2.45, 2.75) is 13.1 Å². The van der Waals surface area contributed by atoms with Crippen molar-refractivity contribution in [3.63, 3.8) is 0 Å². The summed E-state index contributed by atoms with van der Waals surface area (Å²) in [6.45, 7) is -0.467. The summed E-state index contributed by atoms with van der Waals surface area (Å²) in [5, 5.41) is 4.26. The van der Waals surface area contributed by atoms with Gasteiger partial charge in [0, 0.05) is 15.7 Å². The van der Waals surface area contributed by atoms with Gasteiger partial charge in [0.2, 0.25) is 0 Å². The first-order chi connectivity index (χ1) is 12.7. The van der Waals surface area contributed by atoms with Gasteiger partial charge in [-0.25, -0.2) is 19.3 Å². The molecule has 0 aliphatic heterocycles. The number of alkyl halides is 1. The molecule has 4 nitrogen and oxygen atoms in total. The summed E-state index contributed by atoms with van der Waals surface area (Å²) in [6.07, 6.45) is 2.31. The lowest BCUT2D eigenvalue weighted by molar-refractivity contribution is 0.485. The van der Waals surface area contributed by atoms with Gasteiger partial charge in [0.15, 0.2) is 5.82 Å². The maximum Gasteiger partial charge on any atom is 0.161 e. The van der Waals surface area contributed by atoms with E-state index in [2.05, 4.69) is 50.0 Å². The molecule has 0 fully saturated rings. The Labute approximate surface area is 167 Å². The van der Waals surface area contributed by atoms with E-state index in [0.29, 0.717) is 11.4 Å². The van der Waals surface area contributed by atoms with Crippen molar-refractivity contribution in [1.29, 1.82) is 0 Å². The van der Waals surface area contributed by atoms with E-state index in [1.54, 1.807) is 23.5 Å². The second-order valence-corrected chi connectivity index (χ2v) is 7.93. The first-order valence-electron chi connectivity index (χ1n) is 7.98. The van der Waals surface area contributed by atoms with E-state index in [-0.39, 0.29) is 0 Å². The number of nitrogens with one attached hydrogen (secondary N) is 1. The molecule has 0 unspecified atom stereocenters. The fourth-order valence-electron chi connectivity index (χ4n) is 2.58. The molecule has 7 heteroatoms. The number of nitrogens with zero attached hydrogens (tertiary/aromatic N) is 3. The minimum atomic E-state index is -0.467. The van der Waals surface area contributed by atoms with Gasteiger partial charge < -0.3 is 5.32 Å². The predicted octanol–water partition coefficient (Wildman–Crippen LogP) is 5.49. The van der Waals surface area contributed by atoms with Crippen LogP contribution in [0.2, 0.25) is 0 Å². The zero-order chi connectivity index (χ0) is 17.9. The summed E-state index contributed by atoms with van der Waals surface area (Å²) in [4.78, 5) is 14.3. The third kappa shape index (κ3) is 3.68. The van der Waals surface area contributed by atoms with Gasteiger partial charge in [-0.05, 0) is 51.9 Å². The van der Waals surface area contributed by atoms with Crippen LogP contribution >= 0.6 is 33.9 Å². The molecular weight excluding hydrogens is 462 g/mol. The highest BCUT2D eigenvalue weighted by atomic mass is 127. The van der Waals surface area contributed by atoms with Crippen LogP contribution in [0.15, 0.2) is 54.9 Å². The van der Waals surface area contributed by atoms with Crippen molar-refractivity contribution in [3.05, 3.63) is 74.6 Å². The number of hydrogen-bond donors (Lipinski definition) is 1. The van der Waals surface area contributed by atoms with Gasteiger partial charge in [-0.15, -0.1) is 0 Å². The highest BCUT2D eigenvalue weighted by Crippen LogP contribution is 2.28. The quantitative estimate of drug-likeness (QED) is 0.387. The first-order valence-corrected chi connectivity index (χ1v) is 9.88. The summed E-state index contributed by atoms with van der Waals surface area (Å²) in [5.41, 5.74) is 3.50. The molecule has 130 valence electrons. The average molecular weight is 476 g/mol. The number of thiazole rings is 1. The van der Waals surface area contributed by atoms with Crippen LogP contribution in [0.25, 0.3) is 10.3 Å². The molecule has 0 aliphatic carbocycles. The fraction of sp³-hybridized carbons (Fsp3) is 0.105. The van der Waals surface area contributed by atoms with Crippen molar-refractivity contribution in [3.8, 4) is 0 Å². The number of aromatic nitrogens is 3. The predicted molar refractivity (Wildman–Crippen MR) is 112 cm³/mol. The van der Waals surface area contributed by atoms with Crippen LogP contribution < -0.4 is 5.32 Å². The third-order valence-electron chi connectivity index (χ3n) is 3.91. The molecule has 4 rings (SSSR count). The molecule has 0 amide bonds. The van der Waals surface area contributed by atoms with Crippen LogP contribution in [-0.4, -0.2) is 15.0 Å². The van der Waals surface area contributed by atoms with Crippen molar-refractivity contribution in [2.24, 2.45) is 0 Å². The second-order valence-electron chi connectivity index (χ2n) is 5.71. The molecule has 1 N–H and O–H groups in total. The normalized spacial score (nSPS) is 11.0.